The third-order valence-electron chi connectivity index (χ3n) is 10.1. The van der Waals surface area contributed by atoms with Crippen LogP contribution in [0, 0.1) is 0 Å². The lowest BCUT2D eigenvalue weighted by Gasteiger charge is -2.40. The summed E-state index contributed by atoms with van der Waals surface area (Å²) in [6.07, 6.45) is 7.99. The molecule has 11 heteroatoms. The van der Waals surface area contributed by atoms with Gasteiger partial charge in [0.05, 0.1) is 18.1 Å². The number of nitrogens with zero attached hydrogens (tertiary/aromatic N) is 1. The fraction of sp³-hybridized carbons (Fsp3) is 0.647. The average molecular weight is 628 g/mol. The highest BCUT2D eigenvalue weighted by molar-refractivity contribution is 5.86. The second-order valence-corrected chi connectivity index (χ2v) is 13.6. The van der Waals surface area contributed by atoms with Crippen molar-refractivity contribution in [3.63, 3.8) is 0 Å². The number of carbonyl (C=O) groups excluding carboxylic acids is 2. The summed E-state index contributed by atoms with van der Waals surface area (Å²) < 4.78 is 36.1. The van der Waals surface area contributed by atoms with Crippen LogP contribution in [-0.2, 0) is 28.5 Å². The monoisotopic (exact) mass is 627 g/mol. The number of rotatable bonds is 12. The van der Waals surface area contributed by atoms with E-state index in [0.29, 0.717) is 30.9 Å². The minimum absolute atomic E-state index is 0.00404. The van der Waals surface area contributed by atoms with Crippen LogP contribution in [0.1, 0.15) is 88.9 Å². The van der Waals surface area contributed by atoms with Crippen molar-refractivity contribution in [2.24, 2.45) is 0 Å². The van der Waals surface area contributed by atoms with Crippen LogP contribution >= 0.6 is 0 Å². The molecule has 1 saturated carbocycles. The number of hydrogen-bond donors (Lipinski definition) is 2. The number of fused-ring (bicyclic) bond motifs is 1. The molecule has 1 aromatic rings. The van der Waals surface area contributed by atoms with E-state index in [0.717, 1.165) is 30.5 Å². The van der Waals surface area contributed by atoms with Crippen LogP contribution in [0.25, 0.3) is 0 Å². The number of allylic oxidation sites excluding steroid dienone is 3. The van der Waals surface area contributed by atoms with Crippen LogP contribution in [0.3, 0.4) is 0 Å². The average Bonchev–Trinajstić information content (AvgIpc) is 3.61. The van der Waals surface area contributed by atoms with E-state index in [4.69, 9.17) is 28.4 Å². The van der Waals surface area contributed by atoms with Crippen LogP contribution in [-0.4, -0.2) is 89.3 Å². The number of ether oxygens (including phenoxy) is 6. The van der Waals surface area contributed by atoms with Gasteiger partial charge in [0.25, 0.3) is 0 Å². The lowest BCUT2D eigenvalue weighted by molar-refractivity contribution is -0.284. The highest BCUT2D eigenvalue weighted by Crippen LogP contribution is 2.65. The predicted molar refractivity (Wildman–Crippen MR) is 162 cm³/mol. The van der Waals surface area contributed by atoms with Gasteiger partial charge in [-0.3, -0.25) is 9.69 Å². The van der Waals surface area contributed by atoms with Gasteiger partial charge in [-0.2, -0.15) is 0 Å². The normalized spacial score (nSPS) is 31.2. The second-order valence-electron chi connectivity index (χ2n) is 13.6. The summed E-state index contributed by atoms with van der Waals surface area (Å²) in [4.78, 5) is 29.5. The van der Waals surface area contributed by atoms with Gasteiger partial charge in [0, 0.05) is 31.5 Å². The van der Waals surface area contributed by atoms with Gasteiger partial charge in [-0.25, -0.2) is 4.79 Å². The minimum atomic E-state index is -2.19. The van der Waals surface area contributed by atoms with Crippen molar-refractivity contribution in [1.29, 1.82) is 0 Å². The Bertz CT molecular complexity index is 1370. The van der Waals surface area contributed by atoms with Crippen LogP contribution in [0.5, 0.6) is 11.5 Å². The number of benzene rings is 1. The Morgan fingerprint density at radius 1 is 1.13 bits per heavy atom. The maximum atomic E-state index is 14.2. The van der Waals surface area contributed by atoms with Crippen LogP contribution in [0.15, 0.2) is 36.4 Å². The largest absolute Gasteiger partial charge is 0.461 e. The minimum Gasteiger partial charge on any atom is -0.461 e. The molecule has 0 radical (unpaired) electrons. The summed E-state index contributed by atoms with van der Waals surface area (Å²) in [5.74, 6) is -2.02. The van der Waals surface area contributed by atoms with Gasteiger partial charge < -0.3 is 38.6 Å². The number of aliphatic hydroxyl groups is 2. The fourth-order valence-electron chi connectivity index (χ4n) is 8.05. The topological polar surface area (TPSA) is 133 Å². The summed E-state index contributed by atoms with van der Waals surface area (Å²) in [5, 5.41) is 22.2. The zero-order valence-electron chi connectivity index (χ0n) is 26.6. The molecular formula is C34H45NO10. The van der Waals surface area contributed by atoms with Gasteiger partial charge in [0.1, 0.15) is 6.61 Å². The molecule has 2 saturated heterocycles. The molecule has 6 aliphatic rings. The van der Waals surface area contributed by atoms with E-state index in [1.807, 2.05) is 25.1 Å². The van der Waals surface area contributed by atoms with E-state index in [9.17, 15) is 19.8 Å². The number of carbonyl (C=O) groups is 2. The SMILES string of the molecule is C/C=C/C=C/COC(=O)CC(O)(CCCC(C)(C)O)C(=O)OC1C2c3cc4c(cc3C3CN5CCCC25CC1(OC)O3)OCO4. The molecule has 6 unspecified atom stereocenters. The van der Waals surface area contributed by atoms with E-state index in [-0.39, 0.29) is 38.3 Å². The first-order chi connectivity index (χ1) is 21.4. The Morgan fingerprint density at radius 2 is 1.89 bits per heavy atom. The van der Waals surface area contributed by atoms with Crippen molar-refractivity contribution in [2.75, 3.05) is 33.6 Å². The smallest absolute Gasteiger partial charge is 0.339 e. The highest BCUT2D eigenvalue weighted by atomic mass is 16.7. The third-order valence-corrected chi connectivity index (χ3v) is 10.1. The Balaban J connectivity index is 1.33. The van der Waals surface area contributed by atoms with Crippen molar-refractivity contribution in [3.05, 3.63) is 47.6 Å². The van der Waals surface area contributed by atoms with Gasteiger partial charge >= 0.3 is 11.9 Å². The molecule has 6 atom stereocenters. The lowest BCUT2D eigenvalue weighted by atomic mass is 9.78. The van der Waals surface area contributed by atoms with Crippen molar-refractivity contribution in [1.82, 2.24) is 4.90 Å². The van der Waals surface area contributed by atoms with Crippen molar-refractivity contribution in [2.45, 2.75) is 106 Å². The molecule has 4 bridgehead atoms. The Kier molecular flexibility index (Phi) is 8.53. The molecule has 7 rings (SSSR count). The standard InChI is InChI=1S/C34H45NO10/c1-5-6-7-8-15-41-27(36)18-33(39,13-9-11-31(2,3)38)30(37)44-29-28-23-17-25-24(42-21-43-25)16-22(23)26-19-35-14-10-12-32(28,35)20-34(29,40-4)45-26/h5-8,16-17,26,28-29,38-39H,9-15,18-21H2,1-4H3/b6-5+,8-7+. The second kappa shape index (κ2) is 12.0. The molecule has 1 aliphatic carbocycles. The molecule has 11 nitrogen and oxygen atoms in total. The van der Waals surface area contributed by atoms with Crippen molar-refractivity contribution < 1.29 is 48.2 Å². The first kappa shape index (κ1) is 32.0. The first-order valence-corrected chi connectivity index (χ1v) is 15.9. The molecule has 246 valence electrons. The third kappa shape index (κ3) is 5.78. The predicted octanol–water partition coefficient (Wildman–Crippen LogP) is 3.81. The molecule has 1 spiro atoms. The van der Waals surface area contributed by atoms with E-state index in [1.54, 1.807) is 39.2 Å². The fourth-order valence-corrected chi connectivity index (χ4v) is 8.05. The summed E-state index contributed by atoms with van der Waals surface area (Å²) in [5.41, 5.74) is -1.70. The van der Waals surface area contributed by atoms with E-state index in [1.165, 1.54) is 0 Å². The van der Waals surface area contributed by atoms with E-state index >= 15 is 0 Å². The Morgan fingerprint density at radius 3 is 2.60 bits per heavy atom. The number of methoxy groups -OCH3 is 1. The van der Waals surface area contributed by atoms with Crippen LogP contribution < -0.4 is 9.47 Å². The van der Waals surface area contributed by atoms with Crippen LogP contribution in [0.4, 0.5) is 0 Å². The van der Waals surface area contributed by atoms with E-state index < -0.39 is 47.0 Å². The maximum absolute atomic E-state index is 14.2. The van der Waals surface area contributed by atoms with E-state index in [2.05, 4.69) is 4.90 Å². The molecule has 5 aliphatic heterocycles. The van der Waals surface area contributed by atoms with Crippen molar-refractivity contribution in [3.8, 4) is 11.5 Å². The number of esters is 2. The number of hydrogen-bond acceptors (Lipinski definition) is 11. The first-order valence-electron chi connectivity index (χ1n) is 15.9. The summed E-state index contributed by atoms with van der Waals surface area (Å²) in [6.45, 7) is 6.86. The summed E-state index contributed by atoms with van der Waals surface area (Å²) >= 11 is 0. The molecule has 0 aromatic heterocycles. The molecule has 0 amide bonds. The summed E-state index contributed by atoms with van der Waals surface area (Å²) in [6, 6.07) is 3.95. The molecule has 45 heavy (non-hydrogen) atoms. The van der Waals surface area contributed by atoms with Gasteiger partial charge in [-0.15, -0.1) is 0 Å². The summed E-state index contributed by atoms with van der Waals surface area (Å²) in [7, 11) is 1.56. The molecular weight excluding hydrogens is 582 g/mol. The van der Waals surface area contributed by atoms with Crippen molar-refractivity contribution >= 4 is 11.9 Å². The Labute approximate surface area is 264 Å². The molecule has 1 aromatic carbocycles. The molecule has 5 heterocycles. The van der Waals surface area contributed by atoms with Gasteiger partial charge in [-0.1, -0.05) is 18.2 Å². The van der Waals surface area contributed by atoms with Gasteiger partial charge in [0.2, 0.25) is 12.6 Å². The highest BCUT2D eigenvalue weighted by Gasteiger charge is 2.72. The van der Waals surface area contributed by atoms with Gasteiger partial charge in [-0.05, 0) is 88.8 Å². The lowest BCUT2D eigenvalue weighted by Crippen LogP contribution is -2.52. The van der Waals surface area contributed by atoms with Gasteiger partial charge in [0.15, 0.2) is 23.2 Å². The Hall–Kier alpha value is -2.96. The maximum Gasteiger partial charge on any atom is 0.339 e. The molecule has 2 N–H and O–H groups in total. The molecule has 3 fully saturated rings. The van der Waals surface area contributed by atoms with Crippen LogP contribution in [0.2, 0.25) is 0 Å². The zero-order chi connectivity index (χ0) is 32.0. The quantitative estimate of drug-likeness (QED) is 0.259. The zero-order valence-corrected chi connectivity index (χ0v) is 26.6.